The quantitative estimate of drug-likeness (QED) is 0.375. The van der Waals surface area contributed by atoms with Crippen LogP contribution in [0, 0.1) is 0 Å². The van der Waals surface area contributed by atoms with Crippen molar-refractivity contribution >= 4 is 29.0 Å². The minimum Gasteiger partial charge on any atom is -0.497 e. The molecule has 0 aromatic heterocycles. The molecule has 0 N–H and O–H groups in total. The summed E-state index contributed by atoms with van der Waals surface area (Å²) in [6.45, 7) is 1.56. The zero-order valence-electron chi connectivity index (χ0n) is 22.4. The second-order valence-corrected chi connectivity index (χ2v) is 9.21. The van der Waals surface area contributed by atoms with E-state index in [2.05, 4.69) is 0 Å². The molecular formula is C30H31ClN2O6. The van der Waals surface area contributed by atoms with Gasteiger partial charge in [0.25, 0.3) is 5.91 Å². The standard InChI is InChI=1S/C30H31ClN2O6/c1-36-22-11-9-20(10-12-22)24(23-7-5-6-8-25(23)31)19-28(34)32-13-15-33(16-14-32)30(35)21-17-26(37-2)29(39-4)27(18-21)38-3/h5-12,17-19H,13-16H2,1-4H3. The first-order chi connectivity index (χ1) is 18.9. The number of amides is 2. The van der Waals surface area contributed by atoms with Crippen molar-refractivity contribution in [1.82, 2.24) is 9.80 Å². The Bertz CT molecular complexity index is 1340. The Labute approximate surface area is 233 Å². The molecule has 39 heavy (non-hydrogen) atoms. The fourth-order valence-electron chi connectivity index (χ4n) is 4.50. The molecule has 0 spiro atoms. The van der Waals surface area contributed by atoms with Gasteiger partial charge in [-0.2, -0.15) is 0 Å². The number of ether oxygens (including phenoxy) is 4. The van der Waals surface area contributed by atoms with E-state index in [1.54, 1.807) is 41.2 Å². The van der Waals surface area contributed by atoms with E-state index < -0.39 is 0 Å². The summed E-state index contributed by atoms with van der Waals surface area (Å²) < 4.78 is 21.4. The molecule has 1 saturated heterocycles. The number of piperazine rings is 1. The van der Waals surface area contributed by atoms with Gasteiger partial charge in [-0.25, -0.2) is 0 Å². The Morgan fingerprint density at radius 1 is 0.744 bits per heavy atom. The van der Waals surface area contributed by atoms with Crippen molar-refractivity contribution in [2.75, 3.05) is 54.6 Å². The van der Waals surface area contributed by atoms with Gasteiger partial charge in [-0.3, -0.25) is 9.59 Å². The third-order valence-corrected chi connectivity index (χ3v) is 6.95. The second-order valence-electron chi connectivity index (χ2n) is 8.80. The average molecular weight is 551 g/mol. The SMILES string of the molecule is COc1ccc(C(=CC(=O)N2CCN(C(=O)c3cc(OC)c(OC)c(OC)c3)CC2)c2ccccc2Cl)cc1. The first-order valence-corrected chi connectivity index (χ1v) is 12.8. The monoisotopic (exact) mass is 550 g/mol. The van der Waals surface area contributed by atoms with Gasteiger partial charge in [0.2, 0.25) is 11.7 Å². The highest BCUT2D eigenvalue weighted by Crippen LogP contribution is 2.38. The number of nitrogens with zero attached hydrogens (tertiary/aromatic N) is 2. The molecular weight excluding hydrogens is 520 g/mol. The highest BCUT2D eigenvalue weighted by atomic mass is 35.5. The molecule has 3 aromatic carbocycles. The van der Waals surface area contributed by atoms with Crippen LogP contribution in [0.3, 0.4) is 0 Å². The van der Waals surface area contributed by atoms with Gasteiger partial charge in [-0.15, -0.1) is 0 Å². The Balaban J connectivity index is 1.52. The van der Waals surface area contributed by atoms with E-state index in [1.165, 1.54) is 21.3 Å². The Hall–Kier alpha value is -4.17. The van der Waals surface area contributed by atoms with Crippen molar-refractivity contribution in [2.24, 2.45) is 0 Å². The number of benzene rings is 3. The van der Waals surface area contributed by atoms with Crippen LogP contribution in [0.4, 0.5) is 0 Å². The van der Waals surface area contributed by atoms with E-state index in [4.69, 9.17) is 30.5 Å². The summed E-state index contributed by atoms with van der Waals surface area (Å²) in [7, 11) is 6.13. The van der Waals surface area contributed by atoms with Crippen LogP contribution in [0.1, 0.15) is 21.5 Å². The van der Waals surface area contributed by atoms with Crippen LogP contribution in [0.2, 0.25) is 5.02 Å². The molecule has 1 aliphatic rings. The van der Waals surface area contributed by atoms with Gasteiger partial charge in [0.1, 0.15) is 5.75 Å². The molecule has 4 rings (SSSR count). The highest BCUT2D eigenvalue weighted by molar-refractivity contribution is 6.32. The van der Waals surface area contributed by atoms with E-state index in [9.17, 15) is 9.59 Å². The van der Waals surface area contributed by atoms with E-state index >= 15 is 0 Å². The van der Waals surface area contributed by atoms with Crippen molar-refractivity contribution in [1.29, 1.82) is 0 Å². The molecule has 0 unspecified atom stereocenters. The molecule has 3 aromatic rings. The molecule has 0 bridgehead atoms. The smallest absolute Gasteiger partial charge is 0.254 e. The number of halogens is 1. The summed E-state index contributed by atoms with van der Waals surface area (Å²) >= 11 is 6.51. The predicted octanol–water partition coefficient (Wildman–Crippen LogP) is 4.79. The van der Waals surface area contributed by atoms with E-state index in [-0.39, 0.29) is 11.8 Å². The predicted molar refractivity (Wildman–Crippen MR) is 150 cm³/mol. The van der Waals surface area contributed by atoms with Gasteiger partial charge >= 0.3 is 0 Å². The number of rotatable bonds is 8. The summed E-state index contributed by atoms with van der Waals surface area (Å²) in [5.41, 5.74) is 2.73. The molecule has 1 fully saturated rings. The Morgan fingerprint density at radius 2 is 1.33 bits per heavy atom. The number of methoxy groups -OCH3 is 4. The molecule has 1 heterocycles. The summed E-state index contributed by atoms with van der Waals surface area (Å²) in [5, 5.41) is 0.549. The average Bonchev–Trinajstić information content (AvgIpc) is 2.99. The van der Waals surface area contributed by atoms with Crippen LogP contribution in [-0.4, -0.2) is 76.2 Å². The van der Waals surface area contributed by atoms with Crippen LogP contribution in [0.15, 0.2) is 66.7 Å². The van der Waals surface area contributed by atoms with Crippen LogP contribution in [-0.2, 0) is 4.79 Å². The van der Waals surface area contributed by atoms with Crippen LogP contribution in [0.25, 0.3) is 5.57 Å². The summed E-state index contributed by atoms with van der Waals surface area (Å²) in [6.07, 6.45) is 1.61. The molecule has 9 heteroatoms. The maximum atomic E-state index is 13.4. The Kier molecular flexibility index (Phi) is 8.99. The molecule has 0 radical (unpaired) electrons. The first-order valence-electron chi connectivity index (χ1n) is 12.4. The van der Waals surface area contributed by atoms with E-state index in [0.29, 0.717) is 59.6 Å². The largest absolute Gasteiger partial charge is 0.497 e. The van der Waals surface area contributed by atoms with Gasteiger partial charge in [0.05, 0.1) is 28.4 Å². The topological polar surface area (TPSA) is 77.5 Å². The van der Waals surface area contributed by atoms with Gasteiger partial charge in [-0.1, -0.05) is 41.9 Å². The molecule has 2 amide bonds. The number of carbonyl (C=O) groups excluding carboxylic acids is 2. The zero-order valence-corrected chi connectivity index (χ0v) is 23.2. The fourth-order valence-corrected chi connectivity index (χ4v) is 4.74. The van der Waals surface area contributed by atoms with Gasteiger partial charge < -0.3 is 28.7 Å². The van der Waals surface area contributed by atoms with E-state index in [0.717, 1.165) is 16.9 Å². The van der Waals surface area contributed by atoms with Crippen molar-refractivity contribution in [3.63, 3.8) is 0 Å². The lowest BCUT2D eigenvalue weighted by atomic mass is 9.97. The summed E-state index contributed by atoms with van der Waals surface area (Å²) in [5.74, 6) is 1.63. The van der Waals surface area contributed by atoms with Crippen molar-refractivity contribution < 1.29 is 28.5 Å². The molecule has 0 atom stereocenters. The minimum atomic E-state index is -0.174. The van der Waals surface area contributed by atoms with Crippen molar-refractivity contribution in [2.45, 2.75) is 0 Å². The van der Waals surface area contributed by atoms with Crippen molar-refractivity contribution in [3.05, 3.63) is 88.5 Å². The van der Waals surface area contributed by atoms with Crippen molar-refractivity contribution in [3.8, 4) is 23.0 Å². The minimum absolute atomic E-state index is 0.152. The maximum absolute atomic E-state index is 13.4. The number of hydrogen-bond donors (Lipinski definition) is 0. The Morgan fingerprint density at radius 3 is 1.87 bits per heavy atom. The van der Waals surface area contributed by atoms with Gasteiger partial charge in [0.15, 0.2) is 11.5 Å². The third-order valence-electron chi connectivity index (χ3n) is 6.62. The lowest BCUT2D eigenvalue weighted by molar-refractivity contribution is -0.127. The summed E-state index contributed by atoms with van der Waals surface area (Å²) in [6, 6.07) is 18.2. The molecule has 0 saturated carbocycles. The molecule has 8 nitrogen and oxygen atoms in total. The van der Waals surface area contributed by atoms with Gasteiger partial charge in [0, 0.05) is 48.4 Å². The zero-order chi connectivity index (χ0) is 27.9. The van der Waals surface area contributed by atoms with Gasteiger partial charge in [-0.05, 0) is 41.5 Å². The number of hydrogen-bond acceptors (Lipinski definition) is 6. The molecule has 1 aliphatic heterocycles. The lowest BCUT2D eigenvalue weighted by Gasteiger charge is -2.34. The highest BCUT2D eigenvalue weighted by Gasteiger charge is 2.26. The molecule has 0 aliphatic carbocycles. The number of carbonyl (C=O) groups is 2. The summed E-state index contributed by atoms with van der Waals surface area (Å²) in [4.78, 5) is 30.1. The lowest BCUT2D eigenvalue weighted by Crippen LogP contribution is -2.50. The van der Waals surface area contributed by atoms with E-state index in [1.807, 2.05) is 42.5 Å². The first kappa shape index (κ1) is 27.9. The third kappa shape index (κ3) is 6.12. The maximum Gasteiger partial charge on any atom is 0.254 e. The second kappa shape index (κ2) is 12.6. The van der Waals surface area contributed by atoms with Crippen LogP contribution >= 0.6 is 11.6 Å². The van der Waals surface area contributed by atoms with Crippen LogP contribution in [0.5, 0.6) is 23.0 Å². The van der Waals surface area contributed by atoms with Crippen LogP contribution < -0.4 is 18.9 Å². The molecule has 204 valence electrons. The fraction of sp³-hybridized carbons (Fsp3) is 0.267. The normalized spacial score (nSPS) is 13.6.